The molecule has 0 bridgehead atoms. The van der Waals surface area contributed by atoms with Crippen LogP contribution in [-0.4, -0.2) is 11.6 Å². The molecule has 0 spiro atoms. The lowest BCUT2D eigenvalue weighted by Crippen LogP contribution is -1.76. The normalized spacial score (nSPS) is 13.5. The van der Waals surface area contributed by atoms with Crippen LogP contribution in [0.3, 0.4) is 0 Å². The Hall–Kier alpha value is -0.290. The van der Waals surface area contributed by atoms with Crippen molar-refractivity contribution in [1.29, 1.82) is 0 Å². The van der Waals surface area contributed by atoms with Gasteiger partial charge >= 0.3 is 0 Å². The van der Waals surface area contributed by atoms with Crippen LogP contribution in [0.25, 0.3) is 0 Å². The van der Waals surface area contributed by atoms with E-state index in [0.717, 1.165) is 0 Å². The van der Waals surface area contributed by atoms with Crippen molar-refractivity contribution in [2.24, 2.45) is 0 Å². The highest BCUT2D eigenvalue weighted by molar-refractivity contribution is 8.77. The van der Waals surface area contributed by atoms with Gasteiger partial charge in [0.15, 0.2) is 0 Å². The number of rotatable bonds is 0. The van der Waals surface area contributed by atoms with Crippen LogP contribution in [0.4, 0.5) is 0 Å². The molecule has 5 heteroatoms. The summed E-state index contributed by atoms with van der Waals surface area (Å²) in [7, 11) is 3.33. The second kappa shape index (κ2) is 6.71. The number of carboxylic acid groups (broad SMARTS) is 1. The van der Waals surface area contributed by atoms with Gasteiger partial charge in [-0.05, 0) is 10.8 Å². The van der Waals surface area contributed by atoms with Crippen molar-refractivity contribution < 1.29 is 9.90 Å². The van der Waals surface area contributed by atoms with Gasteiger partial charge in [-0.15, -0.1) is 0 Å². The molecule has 0 saturated heterocycles. The minimum absolute atomic E-state index is 0.250. The lowest BCUT2D eigenvalue weighted by molar-refractivity contribution is -0.122. The summed E-state index contributed by atoms with van der Waals surface area (Å²) in [4.78, 5) is 8.36. The largest absolute Gasteiger partial charge is 0.483 e. The topological polar surface area (TPSA) is 49.3 Å². The number of hydrogen-bond donors (Lipinski definition) is 2. The molecule has 0 saturated carbocycles. The fraction of sp³-hybridized carbons (Fsp3) is 0. The first-order chi connectivity index (χ1) is 3.91. The van der Waals surface area contributed by atoms with E-state index in [1.807, 2.05) is 11.6 Å². The van der Waals surface area contributed by atoms with Gasteiger partial charge in [-0.2, -0.15) is 0 Å². The number of carbonyl (C=O) groups is 1. The van der Waals surface area contributed by atoms with E-state index < -0.39 is 0 Å². The smallest absolute Gasteiger partial charge is 0.290 e. The van der Waals surface area contributed by atoms with E-state index in [1.54, 1.807) is 21.8 Å². The van der Waals surface area contributed by atoms with E-state index in [0.29, 0.717) is 0 Å². The monoisotopic (exact) mass is 151 g/mol. The zero-order chi connectivity index (χ0) is 6.24. The molecule has 0 radical (unpaired) electrons. The maximum Gasteiger partial charge on any atom is 0.290 e. The van der Waals surface area contributed by atoms with E-state index in [2.05, 4.69) is 4.72 Å². The first kappa shape index (κ1) is 7.71. The van der Waals surface area contributed by atoms with Gasteiger partial charge in [0.2, 0.25) is 0 Å². The molecule has 0 amide bonds. The zero-order valence-electron chi connectivity index (χ0n) is 3.90. The molecule has 46 valence electrons. The molecule has 0 aromatic rings. The van der Waals surface area contributed by atoms with E-state index in [1.165, 1.54) is 0 Å². The lowest BCUT2D eigenvalue weighted by atomic mass is 11.1. The van der Waals surface area contributed by atoms with Gasteiger partial charge < -0.3 is 9.83 Å². The van der Waals surface area contributed by atoms with Crippen molar-refractivity contribution in [3.05, 3.63) is 11.6 Å². The molecule has 3 nitrogen and oxygen atoms in total. The first-order valence-corrected chi connectivity index (χ1v) is 3.94. The molecule has 0 aromatic heterocycles. The van der Waals surface area contributed by atoms with Crippen molar-refractivity contribution in [3.8, 4) is 0 Å². The Morgan fingerprint density at radius 3 is 2.50 bits per heavy atom. The van der Waals surface area contributed by atoms with Gasteiger partial charge in [0, 0.05) is 22.6 Å². The van der Waals surface area contributed by atoms with E-state index in [-0.39, 0.29) is 6.47 Å². The summed E-state index contributed by atoms with van der Waals surface area (Å²) in [5.41, 5.74) is 0. The van der Waals surface area contributed by atoms with Gasteiger partial charge in [0.25, 0.3) is 6.47 Å². The Morgan fingerprint density at radius 1 is 1.75 bits per heavy atom. The fourth-order valence-electron chi connectivity index (χ4n) is 0.139. The Kier molecular flexibility index (Phi) is 6.47. The highest BCUT2D eigenvalue weighted by Gasteiger charge is 1.83. The number of nitrogens with one attached hydrogen (secondary N) is 1. The standard InChI is InChI=1S/C2H3NS2.CH2O2/c1-2-4-5-3-1;2-1-3/h1-3H;1H,(H,2,3). The van der Waals surface area contributed by atoms with Crippen LogP contribution in [0.15, 0.2) is 11.6 Å². The van der Waals surface area contributed by atoms with Gasteiger partial charge in [-0.1, -0.05) is 0 Å². The molecule has 1 heterocycles. The second-order valence-corrected chi connectivity index (χ2v) is 2.65. The number of hydrogen-bond acceptors (Lipinski definition) is 4. The third kappa shape index (κ3) is 5.71. The molecule has 0 unspecified atom stereocenters. The Bertz CT molecular complexity index is 79.4. The minimum atomic E-state index is -0.250. The Balaban J connectivity index is 0.000000145. The molecule has 0 fully saturated rings. The van der Waals surface area contributed by atoms with Crippen LogP contribution in [-0.2, 0) is 4.79 Å². The third-order valence-electron chi connectivity index (χ3n) is 0.288. The van der Waals surface area contributed by atoms with Crippen LogP contribution >= 0.6 is 21.8 Å². The van der Waals surface area contributed by atoms with Gasteiger partial charge in [0.1, 0.15) is 0 Å². The van der Waals surface area contributed by atoms with Crippen molar-refractivity contribution in [1.82, 2.24) is 4.72 Å². The quantitative estimate of drug-likeness (QED) is 0.308. The van der Waals surface area contributed by atoms with Crippen molar-refractivity contribution in [2.45, 2.75) is 0 Å². The summed E-state index contributed by atoms with van der Waals surface area (Å²) in [5.74, 6) is 0. The molecular formula is C3H5NO2S2. The summed E-state index contributed by atoms with van der Waals surface area (Å²) in [6.07, 6.45) is 1.91. The first-order valence-electron chi connectivity index (χ1n) is 1.72. The van der Waals surface area contributed by atoms with Crippen LogP contribution in [0.2, 0.25) is 0 Å². The Labute approximate surface area is 55.1 Å². The predicted molar refractivity (Wildman–Crippen MR) is 36.2 cm³/mol. The molecule has 1 aliphatic heterocycles. The van der Waals surface area contributed by atoms with Crippen molar-refractivity contribution >= 4 is 28.2 Å². The van der Waals surface area contributed by atoms with E-state index >= 15 is 0 Å². The highest BCUT2D eigenvalue weighted by Crippen LogP contribution is 2.22. The summed E-state index contributed by atoms with van der Waals surface area (Å²) in [5, 5.41) is 8.89. The molecule has 1 aliphatic rings. The predicted octanol–water partition coefficient (Wildman–Crippen LogP) is 1.06. The summed E-state index contributed by atoms with van der Waals surface area (Å²) < 4.78 is 2.92. The summed E-state index contributed by atoms with van der Waals surface area (Å²) >= 11 is 0. The average molecular weight is 151 g/mol. The Morgan fingerprint density at radius 2 is 2.38 bits per heavy atom. The summed E-state index contributed by atoms with van der Waals surface area (Å²) in [6, 6.07) is 0. The molecule has 0 aromatic carbocycles. The highest BCUT2D eigenvalue weighted by atomic mass is 33.1. The van der Waals surface area contributed by atoms with Crippen LogP contribution < -0.4 is 4.72 Å². The molecule has 8 heavy (non-hydrogen) atoms. The molecule has 0 aliphatic carbocycles. The van der Waals surface area contributed by atoms with Gasteiger partial charge in [-0.25, -0.2) is 0 Å². The van der Waals surface area contributed by atoms with E-state index in [9.17, 15) is 0 Å². The SMILES string of the molecule is C1=CSSN1.O=CO. The van der Waals surface area contributed by atoms with E-state index in [4.69, 9.17) is 9.90 Å². The lowest BCUT2D eigenvalue weighted by Gasteiger charge is -1.75. The van der Waals surface area contributed by atoms with Crippen LogP contribution in [0.5, 0.6) is 0 Å². The third-order valence-corrected chi connectivity index (χ3v) is 1.77. The average Bonchev–Trinajstić information content (AvgIpc) is 2.17. The fourth-order valence-corrected chi connectivity index (χ4v) is 1.25. The molecular weight excluding hydrogens is 146 g/mol. The van der Waals surface area contributed by atoms with Crippen molar-refractivity contribution in [3.63, 3.8) is 0 Å². The van der Waals surface area contributed by atoms with Crippen LogP contribution in [0.1, 0.15) is 0 Å². The van der Waals surface area contributed by atoms with Crippen LogP contribution in [0, 0.1) is 0 Å². The molecule has 0 atom stereocenters. The maximum absolute atomic E-state index is 8.36. The minimum Gasteiger partial charge on any atom is -0.483 e. The zero-order valence-corrected chi connectivity index (χ0v) is 5.54. The maximum atomic E-state index is 8.36. The second-order valence-electron chi connectivity index (χ2n) is 0.706. The molecule has 2 N–H and O–H groups in total. The molecule has 1 rings (SSSR count). The van der Waals surface area contributed by atoms with Gasteiger partial charge in [-0.3, -0.25) is 4.79 Å². The van der Waals surface area contributed by atoms with Crippen molar-refractivity contribution in [2.75, 3.05) is 0 Å². The van der Waals surface area contributed by atoms with Gasteiger partial charge in [0.05, 0.1) is 0 Å². The summed E-state index contributed by atoms with van der Waals surface area (Å²) in [6.45, 7) is -0.250.